The van der Waals surface area contributed by atoms with Crippen LogP contribution in [0, 0.1) is 11.3 Å². The third kappa shape index (κ3) is 4.40. The number of piperidine rings is 1. The summed E-state index contributed by atoms with van der Waals surface area (Å²) in [7, 11) is 4.09. The Hall–Kier alpha value is -4.63. The second-order valence-corrected chi connectivity index (χ2v) is 18.6. The predicted molar refractivity (Wildman–Crippen MR) is 218 cm³/mol. The second-order valence-electron chi connectivity index (χ2n) is 18.6. The highest BCUT2D eigenvalue weighted by molar-refractivity contribution is 6.21. The maximum atomic E-state index is 15.3. The van der Waals surface area contributed by atoms with E-state index in [1.807, 2.05) is 50.3 Å². The van der Waals surface area contributed by atoms with Gasteiger partial charge in [-0.3, -0.25) is 29.2 Å². The van der Waals surface area contributed by atoms with Crippen LogP contribution < -0.4 is 9.64 Å². The van der Waals surface area contributed by atoms with E-state index in [9.17, 15) is 24.6 Å². The van der Waals surface area contributed by atoms with Crippen LogP contribution >= 0.6 is 0 Å². The van der Waals surface area contributed by atoms with E-state index in [0.717, 1.165) is 11.3 Å². The molecule has 6 aliphatic heterocycles. The molecule has 5 fully saturated rings. The normalized spacial score (nSPS) is 40.3. The van der Waals surface area contributed by atoms with Crippen molar-refractivity contribution in [2.45, 2.75) is 111 Å². The molecule has 3 saturated heterocycles. The number of carbonyl (C=O) groups is 4. The van der Waals surface area contributed by atoms with E-state index >= 15 is 4.79 Å². The quantitative estimate of drug-likeness (QED) is 0.173. The van der Waals surface area contributed by atoms with Gasteiger partial charge in [0.25, 0.3) is 0 Å². The molecule has 6 heterocycles. The third-order valence-corrected chi connectivity index (χ3v) is 16.6. The number of para-hydroxylation sites is 1. The Balaban J connectivity index is 1.28. The molecule has 0 radical (unpaired) electrons. The maximum absolute atomic E-state index is 15.3. The number of rotatable bonds is 8. The molecule has 0 bridgehead atoms. The first-order valence-electron chi connectivity index (χ1n) is 21.4. The number of hydrogen-bond donors (Lipinski definition) is 2. The molecule has 10 rings (SSSR count). The minimum Gasteiger partial charge on any atom is -0.496 e. The number of ether oxygens (including phenoxy) is 4. The zero-order valence-corrected chi connectivity index (χ0v) is 35.1. The summed E-state index contributed by atoms with van der Waals surface area (Å²) in [5.74, 6) is -2.07. The minimum absolute atomic E-state index is 0.0207. The molecule has 11 atom stereocenters. The zero-order chi connectivity index (χ0) is 42.4. The van der Waals surface area contributed by atoms with Crippen molar-refractivity contribution >= 4 is 41.4 Å². The molecule has 2 aromatic rings. The van der Waals surface area contributed by atoms with E-state index in [0.29, 0.717) is 93.0 Å². The van der Waals surface area contributed by atoms with E-state index in [1.165, 1.54) is 33.2 Å². The molecule has 318 valence electrons. The number of amides is 1. The average Bonchev–Trinajstić information content (AvgIpc) is 4.01. The van der Waals surface area contributed by atoms with Crippen molar-refractivity contribution in [2.75, 3.05) is 52.4 Å². The Morgan fingerprint density at radius 1 is 0.917 bits per heavy atom. The number of aliphatic imine (C=N–C) groups is 1. The Morgan fingerprint density at radius 3 is 2.35 bits per heavy atom. The lowest BCUT2D eigenvalue weighted by molar-refractivity contribution is -0.228. The van der Waals surface area contributed by atoms with Gasteiger partial charge in [0.1, 0.15) is 11.2 Å². The number of aliphatic hydroxyl groups is 2. The second kappa shape index (κ2) is 12.9. The number of carbonyl (C=O) groups excluding carboxylic acids is 4. The molecule has 8 aliphatic rings. The zero-order valence-electron chi connectivity index (χ0n) is 35.1. The Bertz CT molecular complexity index is 2300. The SMILES string of the molecule is CC[C@@]1(O)C[C@H]2C[C@](C(=O)OC)(c3cc4c(cc3OC)N(C=O)[C@@H]3[C@@](O)(C(=O)OC)[C@H](OC(C)=O)[C@]5(CC)C=CCN6CC[C@]43[C@@H]65)C3=Nc4ccccc4[C@]34CCN(C1)[C@H]24. The van der Waals surface area contributed by atoms with Crippen LogP contribution in [0.4, 0.5) is 11.4 Å². The molecule has 2 spiro atoms. The van der Waals surface area contributed by atoms with Crippen LogP contribution in [-0.4, -0.2) is 133 Å². The van der Waals surface area contributed by atoms with Crippen LogP contribution in [0.5, 0.6) is 5.75 Å². The van der Waals surface area contributed by atoms with Crippen molar-refractivity contribution in [3.05, 3.63) is 65.2 Å². The largest absolute Gasteiger partial charge is 0.496 e. The van der Waals surface area contributed by atoms with Crippen LogP contribution in [0.3, 0.4) is 0 Å². The van der Waals surface area contributed by atoms with Gasteiger partial charge in [-0.1, -0.05) is 44.2 Å². The molecule has 0 aromatic heterocycles. The molecule has 1 amide bonds. The highest BCUT2D eigenvalue weighted by atomic mass is 16.6. The summed E-state index contributed by atoms with van der Waals surface area (Å²) in [5.41, 5.74) is -3.80. The number of fused-ring (bicyclic) bond motifs is 2. The summed E-state index contributed by atoms with van der Waals surface area (Å²) in [6.45, 7) is 7.56. The molecule has 2 N–H and O–H groups in total. The summed E-state index contributed by atoms with van der Waals surface area (Å²) in [6.07, 6.45) is 5.95. The number of hydrogen-bond acceptors (Lipinski definition) is 13. The van der Waals surface area contributed by atoms with Gasteiger partial charge in [-0.25, -0.2) is 4.79 Å². The lowest BCUT2D eigenvalue weighted by atomic mass is 9.47. The van der Waals surface area contributed by atoms with Crippen LogP contribution in [0.2, 0.25) is 0 Å². The van der Waals surface area contributed by atoms with E-state index in [-0.39, 0.29) is 18.4 Å². The van der Waals surface area contributed by atoms with Gasteiger partial charge in [0.05, 0.1) is 55.5 Å². The highest BCUT2D eigenvalue weighted by Crippen LogP contribution is 2.70. The molecular weight excluding hydrogens is 769 g/mol. The third-order valence-electron chi connectivity index (χ3n) is 16.6. The molecule has 2 aliphatic carbocycles. The van der Waals surface area contributed by atoms with Crippen molar-refractivity contribution in [3.8, 4) is 5.75 Å². The number of nitrogens with zero attached hydrogens (tertiary/aromatic N) is 4. The van der Waals surface area contributed by atoms with E-state index < -0.39 is 69.0 Å². The van der Waals surface area contributed by atoms with Crippen molar-refractivity contribution < 1.29 is 48.3 Å². The molecular formula is C46H54N4O10. The maximum Gasteiger partial charge on any atom is 0.344 e. The summed E-state index contributed by atoms with van der Waals surface area (Å²) in [6, 6.07) is 10.0. The number of benzene rings is 2. The molecule has 0 unspecified atom stereocenters. The lowest BCUT2D eigenvalue weighted by Crippen LogP contribution is -2.81. The topological polar surface area (TPSA) is 168 Å². The number of esters is 3. The van der Waals surface area contributed by atoms with Crippen LogP contribution in [0.25, 0.3) is 0 Å². The summed E-state index contributed by atoms with van der Waals surface area (Å²) >= 11 is 0. The number of methoxy groups -OCH3 is 3. The Morgan fingerprint density at radius 2 is 1.67 bits per heavy atom. The van der Waals surface area contributed by atoms with Gasteiger partial charge in [0.15, 0.2) is 6.10 Å². The van der Waals surface area contributed by atoms with Crippen molar-refractivity contribution in [3.63, 3.8) is 0 Å². The first-order valence-corrected chi connectivity index (χ1v) is 21.4. The van der Waals surface area contributed by atoms with Gasteiger partial charge in [0, 0.05) is 54.6 Å². The summed E-state index contributed by atoms with van der Waals surface area (Å²) < 4.78 is 23.7. The van der Waals surface area contributed by atoms with Gasteiger partial charge in [0.2, 0.25) is 12.0 Å². The lowest BCUT2D eigenvalue weighted by Gasteiger charge is -2.63. The fourth-order valence-corrected chi connectivity index (χ4v) is 14.7. The van der Waals surface area contributed by atoms with E-state index in [2.05, 4.69) is 15.9 Å². The van der Waals surface area contributed by atoms with Crippen molar-refractivity contribution in [2.24, 2.45) is 16.3 Å². The van der Waals surface area contributed by atoms with Gasteiger partial charge < -0.3 is 34.1 Å². The number of anilines is 1. The van der Waals surface area contributed by atoms with Gasteiger partial charge >= 0.3 is 17.9 Å². The molecule has 14 nitrogen and oxygen atoms in total. The molecule has 2 saturated carbocycles. The Labute approximate surface area is 349 Å². The van der Waals surface area contributed by atoms with Crippen LogP contribution in [0.1, 0.15) is 76.0 Å². The summed E-state index contributed by atoms with van der Waals surface area (Å²) in [5, 5.41) is 25.4. The highest BCUT2D eigenvalue weighted by Gasteiger charge is 2.81. The molecule has 2 aromatic carbocycles. The summed E-state index contributed by atoms with van der Waals surface area (Å²) in [4.78, 5) is 68.0. The van der Waals surface area contributed by atoms with Crippen molar-refractivity contribution in [1.82, 2.24) is 9.80 Å². The smallest absolute Gasteiger partial charge is 0.344 e. The van der Waals surface area contributed by atoms with E-state index in [1.54, 1.807) is 6.07 Å². The molecule has 60 heavy (non-hydrogen) atoms. The van der Waals surface area contributed by atoms with Crippen molar-refractivity contribution in [1.29, 1.82) is 0 Å². The van der Waals surface area contributed by atoms with Crippen LogP contribution in [0.15, 0.2) is 53.5 Å². The van der Waals surface area contributed by atoms with Gasteiger partial charge in [-0.15, -0.1) is 0 Å². The van der Waals surface area contributed by atoms with E-state index in [4.69, 9.17) is 23.9 Å². The fourth-order valence-electron chi connectivity index (χ4n) is 14.7. The Kier molecular flexibility index (Phi) is 8.52. The average molecular weight is 823 g/mol. The predicted octanol–water partition coefficient (Wildman–Crippen LogP) is 3.24. The van der Waals surface area contributed by atoms with Gasteiger partial charge in [-0.05, 0) is 80.8 Å². The first-order chi connectivity index (χ1) is 28.8. The van der Waals surface area contributed by atoms with Crippen LogP contribution in [-0.2, 0) is 49.6 Å². The van der Waals surface area contributed by atoms with Gasteiger partial charge in [-0.2, -0.15) is 0 Å². The standard InChI is InChI=1S/C46H54N4O10/c1-7-41(55)22-27-23-45(39(53)58-5,35-43(15-19-49(24-41)34(27)43)28-12-9-10-13-31(28)47-35)30-20-29-32(21-33(30)57-4)50(25-51)37-44(29)16-18-48-17-11-14-42(8-2,36(44)48)38(60-26(3)52)46(37,56)40(54)59-6/h9-14,20-21,25,27,34,36-38,55-56H,7-8,15-19,22-24H2,1-6H3/t27-,34+,36-,37-,38+,41+,42+,43-,44+,45-,46-/m0/s1. The monoisotopic (exact) mass is 822 g/mol. The minimum atomic E-state index is -2.53. The first kappa shape index (κ1) is 39.5. The fraction of sp³-hybridized carbons (Fsp3) is 0.587. The molecule has 14 heteroatoms.